The first-order valence-electron chi connectivity index (χ1n) is 6.51. The summed E-state index contributed by atoms with van der Waals surface area (Å²) >= 11 is 1.46. The van der Waals surface area contributed by atoms with Crippen molar-refractivity contribution in [3.8, 4) is 11.8 Å². The van der Waals surface area contributed by atoms with E-state index in [2.05, 4.69) is 10.3 Å². The van der Waals surface area contributed by atoms with Crippen LogP contribution >= 0.6 is 11.3 Å². The molecule has 1 aromatic heterocycles. The molecule has 5 nitrogen and oxygen atoms in total. The summed E-state index contributed by atoms with van der Waals surface area (Å²) in [6.07, 6.45) is 0.847. The average molecular weight is 301 g/mol. The summed E-state index contributed by atoms with van der Waals surface area (Å²) in [5.41, 5.74) is 1.56. The largest absolute Gasteiger partial charge is 0.484 e. The van der Waals surface area contributed by atoms with Crippen molar-refractivity contribution in [1.82, 2.24) is 4.98 Å². The minimum atomic E-state index is -0.254. The van der Waals surface area contributed by atoms with Crippen molar-refractivity contribution in [2.75, 3.05) is 11.9 Å². The van der Waals surface area contributed by atoms with E-state index < -0.39 is 0 Å². The van der Waals surface area contributed by atoms with Gasteiger partial charge in [-0.15, -0.1) is 11.3 Å². The minimum Gasteiger partial charge on any atom is -0.484 e. The quantitative estimate of drug-likeness (QED) is 0.921. The molecule has 1 amide bonds. The molecule has 0 unspecified atom stereocenters. The zero-order valence-electron chi connectivity index (χ0n) is 11.8. The number of aryl methyl sites for hydroxylation is 2. The van der Waals surface area contributed by atoms with E-state index in [4.69, 9.17) is 10.00 Å². The Morgan fingerprint density at radius 2 is 2.14 bits per heavy atom. The molecule has 1 aromatic carbocycles. The summed E-state index contributed by atoms with van der Waals surface area (Å²) in [6.45, 7) is 3.92. The number of aromatic nitrogens is 1. The number of anilines is 1. The second-order valence-electron chi connectivity index (χ2n) is 4.35. The maximum atomic E-state index is 11.8. The predicted molar refractivity (Wildman–Crippen MR) is 81.5 cm³/mol. The highest BCUT2D eigenvalue weighted by atomic mass is 32.1. The molecule has 6 heteroatoms. The van der Waals surface area contributed by atoms with Gasteiger partial charge in [0.25, 0.3) is 5.91 Å². The minimum absolute atomic E-state index is 0.0913. The van der Waals surface area contributed by atoms with Crippen molar-refractivity contribution in [1.29, 1.82) is 5.26 Å². The number of ether oxygens (including phenoxy) is 1. The molecule has 0 aliphatic rings. The van der Waals surface area contributed by atoms with Crippen LogP contribution in [0.3, 0.4) is 0 Å². The summed E-state index contributed by atoms with van der Waals surface area (Å²) in [5.74, 6) is 0.296. The zero-order valence-corrected chi connectivity index (χ0v) is 12.7. The van der Waals surface area contributed by atoms with E-state index in [1.54, 1.807) is 24.3 Å². The Morgan fingerprint density at radius 1 is 1.43 bits per heavy atom. The van der Waals surface area contributed by atoms with Crippen LogP contribution < -0.4 is 10.1 Å². The van der Waals surface area contributed by atoms with Crippen LogP contribution in [0.1, 0.15) is 23.1 Å². The number of nitrogens with one attached hydrogen (secondary N) is 1. The maximum Gasteiger partial charge on any atom is 0.264 e. The number of amides is 1. The number of hydrogen-bond donors (Lipinski definition) is 1. The second kappa shape index (κ2) is 6.86. The first-order chi connectivity index (χ1) is 10.1. The van der Waals surface area contributed by atoms with Gasteiger partial charge < -0.3 is 4.74 Å². The van der Waals surface area contributed by atoms with Crippen molar-refractivity contribution < 1.29 is 9.53 Å². The molecule has 0 bridgehead atoms. The molecular formula is C15H15N3O2S. The molecule has 0 saturated heterocycles. The van der Waals surface area contributed by atoms with Gasteiger partial charge in [0.15, 0.2) is 11.7 Å². The molecule has 0 atom stereocenters. The van der Waals surface area contributed by atoms with E-state index in [1.807, 2.05) is 19.9 Å². The molecule has 2 rings (SSSR count). The van der Waals surface area contributed by atoms with Crippen molar-refractivity contribution >= 4 is 22.4 Å². The smallest absolute Gasteiger partial charge is 0.264 e. The van der Waals surface area contributed by atoms with Crippen LogP contribution in [0.2, 0.25) is 0 Å². The van der Waals surface area contributed by atoms with Crippen LogP contribution in [0, 0.1) is 18.3 Å². The number of carbonyl (C=O) groups excluding carboxylic acids is 1. The van der Waals surface area contributed by atoms with Crippen molar-refractivity contribution in [2.24, 2.45) is 0 Å². The molecule has 108 valence electrons. The third-order valence-electron chi connectivity index (χ3n) is 2.83. The van der Waals surface area contributed by atoms with Crippen LogP contribution in [0.15, 0.2) is 24.3 Å². The van der Waals surface area contributed by atoms with E-state index in [9.17, 15) is 4.79 Å². The molecule has 0 fully saturated rings. The summed E-state index contributed by atoms with van der Waals surface area (Å²) in [7, 11) is 0. The molecule has 1 N–H and O–H groups in total. The number of thiazole rings is 1. The van der Waals surface area contributed by atoms with Gasteiger partial charge in [-0.1, -0.05) is 6.92 Å². The first kappa shape index (κ1) is 15.0. The number of benzene rings is 1. The fourth-order valence-corrected chi connectivity index (χ4v) is 2.66. The van der Waals surface area contributed by atoms with Gasteiger partial charge >= 0.3 is 0 Å². The number of nitrogens with zero attached hydrogens (tertiary/aromatic N) is 2. The Morgan fingerprint density at radius 3 is 2.71 bits per heavy atom. The Kier molecular flexibility index (Phi) is 4.90. The predicted octanol–water partition coefficient (Wildman–Crippen LogP) is 2.90. The second-order valence-corrected chi connectivity index (χ2v) is 5.55. The fourth-order valence-electron chi connectivity index (χ4n) is 1.74. The molecule has 0 radical (unpaired) electrons. The standard InChI is InChI=1S/C15H15N3O2S/c1-3-13-10(2)21-15(17-13)18-14(19)9-20-12-6-4-11(8-16)5-7-12/h4-7H,3,9H2,1-2H3,(H,17,18,19). The topological polar surface area (TPSA) is 75.0 Å². The van der Waals surface area contributed by atoms with Gasteiger partial charge in [0.05, 0.1) is 17.3 Å². The van der Waals surface area contributed by atoms with Gasteiger partial charge in [0.1, 0.15) is 5.75 Å². The molecule has 0 aliphatic heterocycles. The summed E-state index contributed by atoms with van der Waals surface area (Å²) in [5, 5.41) is 12.0. The van der Waals surface area contributed by atoms with Crippen molar-refractivity contribution in [2.45, 2.75) is 20.3 Å². The van der Waals surface area contributed by atoms with Crippen molar-refractivity contribution in [3.63, 3.8) is 0 Å². The first-order valence-corrected chi connectivity index (χ1v) is 7.33. The van der Waals surface area contributed by atoms with E-state index >= 15 is 0 Å². The van der Waals surface area contributed by atoms with Gasteiger partial charge in [-0.3, -0.25) is 10.1 Å². The lowest BCUT2D eigenvalue weighted by Gasteiger charge is -2.05. The van der Waals surface area contributed by atoms with Gasteiger partial charge in [-0.05, 0) is 37.6 Å². The molecule has 2 aromatic rings. The number of nitriles is 1. The lowest BCUT2D eigenvalue weighted by Crippen LogP contribution is -2.20. The van der Waals surface area contributed by atoms with Crippen molar-refractivity contribution in [3.05, 3.63) is 40.4 Å². The third kappa shape index (κ3) is 4.04. The monoisotopic (exact) mass is 301 g/mol. The Hall–Kier alpha value is -2.39. The van der Waals surface area contributed by atoms with Gasteiger partial charge in [-0.25, -0.2) is 4.98 Å². The van der Waals surface area contributed by atoms with Crippen LogP contribution in [-0.4, -0.2) is 17.5 Å². The highest BCUT2D eigenvalue weighted by molar-refractivity contribution is 7.15. The average Bonchev–Trinajstić information content (AvgIpc) is 2.85. The number of carbonyl (C=O) groups is 1. The van der Waals surface area contributed by atoms with Crippen LogP contribution in [-0.2, 0) is 11.2 Å². The normalized spacial score (nSPS) is 9.95. The third-order valence-corrected chi connectivity index (χ3v) is 3.76. The highest BCUT2D eigenvalue weighted by Crippen LogP contribution is 2.22. The Bertz CT molecular complexity index is 671. The molecule has 0 saturated carbocycles. The summed E-state index contributed by atoms with van der Waals surface area (Å²) < 4.78 is 5.36. The van der Waals surface area contributed by atoms with Crippen LogP contribution in [0.5, 0.6) is 5.75 Å². The maximum absolute atomic E-state index is 11.8. The molecular weight excluding hydrogens is 286 g/mol. The summed E-state index contributed by atoms with van der Waals surface area (Å²) in [6, 6.07) is 8.63. The molecule has 21 heavy (non-hydrogen) atoms. The van der Waals surface area contributed by atoms with Gasteiger partial charge in [-0.2, -0.15) is 5.26 Å². The van der Waals surface area contributed by atoms with E-state index in [1.165, 1.54) is 11.3 Å². The highest BCUT2D eigenvalue weighted by Gasteiger charge is 2.09. The summed E-state index contributed by atoms with van der Waals surface area (Å²) in [4.78, 5) is 17.2. The lowest BCUT2D eigenvalue weighted by atomic mass is 10.2. The molecule has 1 heterocycles. The van der Waals surface area contributed by atoms with Gasteiger partial charge in [0.2, 0.25) is 0 Å². The van der Waals surface area contributed by atoms with E-state index in [0.29, 0.717) is 16.4 Å². The Balaban J connectivity index is 1.88. The lowest BCUT2D eigenvalue weighted by molar-refractivity contribution is -0.118. The number of hydrogen-bond acceptors (Lipinski definition) is 5. The van der Waals surface area contributed by atoms with Crippen LogP contribution in [0.4, 0.5) is 5.13 Å². The van der Waals surface area contributed by atoms with Crippen LogP contribution in [0.25, 0.3) is 0 Å². The molecule has 0 aliphatic carbocycles. The molecule has 0 spiro atoms. The fraction of sp³-hybridized carbons (Fsp3) is 0.267. The SMILES string of the molecule is CCc1nc(NC(=O)COc2ccc(C#N)cc2)sc1C. The van der Waals surface area contributed by atoms with Gasteiger partial charge in [0, 0.05) is 4.88 Å². The van der Waals surface area contributed by atoms with E-state index in [-0.39, 0.29) is 12.5 Å². The number of rotatable bonds is 5. The van der Waals surface area contributed by atoms with E-state index in [0.717, 1.165) is 17.0 Å². The zero-order chi connectivity index (χ0) is 15.2. The Labute approximate surface area is 127 Å².